The molecule has 1 aliphatic rings. The van der Waals surface area contributed by atoms with Gasteiger partial charge >= 0.3 is 0 Å². The second kappa shape index (κ2) is 5.97. The van der Waals surface area contributed by atoms with Crippen LogP contribution in [0.5, 0.6) is 11.5 Å². The Balaban J connectivity index is 1.67. The van der Waals surface area contributed by atoms with Crippen LogP contribution in [0.3, 0.4) is 0 Å². The van der Waals surface area contributed by atoms with Gasteiger partial charge in [0.1, 0.15) is 18.1 Å². The fraction of sp³-hybridized carbons (Fsp3) is 0.294. The zero-order chi connectivity index (χ0) is 13.8. The summed E-state index contributed by atoms with van der Waals surface area (Å²) in [5.74, 6) is 1.46. The molecule has 3 heteroatoms. The Morgan fingerprint density at radius 2 is 2.00 bits per heavy atom. The van der Waals surface area contributed by atoms with Crippen molar-refractivity contribution in [2.45, 2.75) is 18.9 Å². The van der Waals surface area contributed by atoms with E-state index in [1.54, 1.807) is 6.07 Å². The van der Waals surface area contributed by atoms with Crippen LogP contribution >= 0.6 is 0 Å². The van der Waals surface area contributed by atoms with Crippen molar-refractivity contribution in [3.63, 3.8) is 0 Å². The molecule has 2 aromatic carbocycles. The number of phenolic OH excluding ortho intramolecular Hbond substituents is 1. The molecule has 2 N–H and O–H groups in total. The molecule has 104 valence electrons. The molecule has 0 radical (unpaired) electrons. The SMILES string of the molecule is Oc1cc(OCc2ccccc2)ccc1C1CCNC1. The van der Waals surface area contributed by atoms with Gasteiger partial charge < -0.3 is 15.2 Å². The van der Waals surface area contributed by atoms with Gasteiger partial charge in [-0.05, 0) is 30.2 Å². The van der Waals surface area contributed by atoms with E-state index in [-0.39, 0.29) is 0 Å². The van der Waals surface area contributed by atoms with Gasteiger partial charge in [0.2, 0.25) is 0 Å². The smallest absolute Gasteiger partial charge is 0.123 e. The van der Waals surface area contributed by atoms with Crippen LogP contribution in [-0.4, -0.2) is 18.2 Å². The van der Waals surface area contributed by atoms with Gasteiger partial charge in [-0.2, -0.15) is 0 Å². The maximum absolute atomic E-state index is 10.1. The lowest BCUT2D eigenvalue weighted by atomic mass is 9.97. The molecule has 3 nitrogen and oxygen atoms in total. The quantitative estimate of drug-likeness (QED) is 0.896. The van der Waals surface area contributed by atoms with Crippen molar-refractivity contribution in [2.75, 3.05) is 13.1 Å². The molecule has 0 aliphatic carbocycles. The van der Waals surface area contributed by atoms with Crippen molar-refractivity contribution < 1.29 is 9.84 Å². The Kier molecular flexibility index (Phi) is 3.88. The molecular formula is C17H19NO2. The third kappa shape index (κ3) is 2.94. The molecule has 0 spiro atoms. The minimum Gasteiger partial charge on any atom is -0.508 e. The normalized spacial score (nSPS) is 18.1. The van der Waals surface area contributed by atoms with Gasteiger partial charge in [0, 0.05) is 18.5 Å². The van der Waals surface area contributed by atoms with Crippen LogP contribution in [0.2, 0.25) is 0 Å². The number of rotatable bonds is 4. The van der Waals surface area contributed by atoms with E-state index >= 15 is 0 Å². The van der Waals surface area contributed by atoms with Gasteiger partial charge in [0.25, 0.3) is 0 Å². The highest BCUT2D eigenvalue weighted by Gasteiger charge is 2.19. The number of aromatic hydroxyl groups is 1. The second-order valence-electron chi connectivity index (χ2n) is 5.18. The first-order chi connectivity index (χ1) is 9.83. The lowest BCUT2D eigenvalue weighted by Crippen LogP contribution is -2.08. The number of ether oxygens (including phenoxy) is 1. The number of hydrogen-bond acceptors (Lipinski definition) is 3. The first-order valence-electron chi connectivity index (χ1n) is 7.03. The van der Waals surface area contributed by atoms with Crippen LogP contribution < -0.4 is 10.1 Å². The van der Waals surface area contributed by atoms with Crippen molar-refractivity contribution >= 4 is 0 Å². The van der Waals surface area contributed by atoms with Crippen LogP contribution in [0, 0.1) is 0 Å². The van der Waals surface area contributed by atoms with E-state index < -0.39 is 0 Å². The Labute approximate surface area is 119 Å². The van der Waals surface area contributed by atoms with E-state index in [4.69, 9.17) is 4.74 Å². The Hall–Kier alpha value is -2.00. The third-order valence-electron chi connectivity index (χ3n) is 3.75. The second-order valence-corrected chi connectivity index (χ2v) is 5.18. The van der Waals surface area contributed by atoms with Gasteiger partial charge in [-0.1, -0.05) is 36.4 Å². The maximum Gasteiger partial charge on any atom is 0.123 e. The average Bonchev–Trinajstić information content (AvgIpc) is 3.00. The molecule has 0 bridgehead atoms. The van der Waals surface area contributed by atoms with Crippen LogP contribution in [0.1, 0.15) is 23.5 Å². The Morgan fingerprint density at radius 1 is 1.15 bits per heavy atom. The van der Waals surface area contributed by atoms with Crippen molar-refractivity contribution in [2.24, 2.45) is 0 Å². The summed E-state index contributed by atoms with van der Waals surface area (Å²) < 4.78 is 5.71. The monoisotopic (exact) mass is 269 g/mol. The van der Waals surface area contributed by atoms with Crippen molar-refractivity contribution in [3.05, 3.63) is 59.7 Å². The van der Waals surface area contributed by atoms with Crippen LogP contribution in [0.15, 0.2) is 48.5 Å². The summed E-state index contributed by atoms with van der Waals surface area (Å²) in [7, 11) is 0. The molecule has 0 amide bonds. The van der Waals surface area contributed by atoms with Gasteiger partial charge in [-0.15, -0.1) is 0 Å². The fourth-order valence-electron chi connectivity index (χ4n) is 2.62. The van der Waals surface area contributed by atoms with E-state index in [2.05, 4.69) is 5.32 Å². The van der Waals surface area contributed by atoms with Crippen molar-refractivity contribution in [1.29, 1.82) is 0 Å². The Morgan fingerprint density at radius 3 is 2.70 bits per heavy atom. The lowest BCUT2D eigenvalue weighted by molar-refractivity contribution is 0.304. The summed E-state index contributed by atoms with van der Waals surface area (Å²) >= 11 is 0. The number of nitrogens with one attached hydrogen (secondary N) is 1. The summed E-state index contributed by atoms with van der Waals surface area (Å²) in [6.07, 6.45) is 1.08. The zero-order valence-corrected chi connectivity index (χ0v) is 11.4. The molecule has 0 aromatic heterocycles. The molecule has 1 saturated heterocycles. The van der Waals surface area contributed by atoms with E-state index in [0.29, 0.717) is 24.0 Å². The summed E-state index contributed by atoms with van der Waals surface area (Å²) in [5.41, 5.74) is 2.14. The van der Waals surface area contributed by atoms with E-state index in [9.17, 15) is 5.11 Å². The number of hydrogen-bond donors (Lipinski definition) is 2. The molecule has 1 fully saturated rings. The Bertz CT molecular complexity index is 562. The summed E-state index contributed by atoms with van der Waals surface area (Å²) in [6, 6.07) is 15.7. The van der Waals surface area contributed by atoms with E-state index in [1.807, 2.05) is 42.5 Å². The van der Waals surface area contributed by atoms with Crippen LogP contribution in [0.25, 0.3) is 0 Å². The maximum atomic E-state index is 10.1. The minimum absolute atomic E-state index is 0.337. The van der Waals surface area contributed by atoms with Gasteiger partial charge in [-0.25, -0.2) is 0 Å². The molecule has 1 aliphatic heterocycles. The zero-order valence-electron chi connectivity index (χ0n) is 11.4. The highest BCUT2D eigenvalue weighted by atomic mass is 16.5. The molecule has 2 aromatic rings. The molecule has 3 rings (SSSR count). The highest BCUT2D eigenvalue weighted by molar-refractivity contribution is 5.42. The predicted molar refractivity (Wildman–Crippen MR) is 79.1 cm³/mol. The van der Waals surface area contributed by atoms with E-state index in [0.717, 1.165) is 30.6 Å². The molecular weight excluding hydrogens is 250 g/mol. The molecule has 20 heavy (non-hydrogen) atoms. The first-order valence-corrected chi connectivity index (χ1v) is 7.03. The van der Waals surface area contributed by atoms with Crippen molar-refractivity contribution in [3.8, 4) is 11.5 Å². The van der Waals surface area contributed by atoms with Gasteiger partial charge in [0.05, 0.1) is 0 Å². The predicted octanol–water partition coefficient (Wildman–Crippen LogP) is 3.05. The van der Waals surface area contributed by atoms with Crippen LogP contribution in [-0.2, 0) is 6.61 Å². The lowest BCUT2D eigenvalue weighted by Gasteiger charge is -2.13. The van der Waals surface area contributed by atoms with Crippen molar-refractivity contribution in [1.82, 2.24) is 5.32 Å². The molecule has 1 heterocycles. The first kappa shape index (κ1) is 13.0. The summed E-state index contributed by atoms with van der Waals surface area (Å²) in [5, 5.41) is 13.5. The highest BCUT2D eigenvalue weighted by Crippen LogP contribution is 2.32. The topological polar surface area (TPSA) is 41.5 Å². The number of benzene rings is 2. The van der Waals surface area contributed by atoms with E-state index in [1.165, 1.54) is 0 Å². The minimum atomic E-state index is 0.337. The third-order valence-corrected chi connectivity index (χ3v) is 3.75. The summed E-state index contributed by atoms with van der Waals surface area (Å²) in [4.78, 5) is 0. The molecule has 1 unspecified atom stereocenters. The largest absolute Gasteiger partial charge is 0.508 e. The molecule has 0 saturated carbocycles. The average molecular weight is 269 g/mol. The number of phenols is 1. The van der Waals surface area contributed by atoms with Crippen LogP contribution in [0.4, 0.5) is 0 Å². The van der Waals surface area contributed by atoms with Gasteiger partial charge in [0.15, 0.2) is 0 Å². The molecule has 1 atom stereocenters. The summed E-state index contributed by atoms with van der Waals surface area (Å²) in [6.45, 7) is 2.48. The van der Waals surface area contributed by atoms with Gasteiger partial charge in [-0.3, -0.25) is 0 Å². The fourth-order valence-corrected chi connectivity index (χ4v) is 2.62. The standard InChI is InChI=1S/C17H19NO2/c19-17-10-15(20-12-13-4-2-1-3-5-13)6-7-16(17)14-8-9-18-11-14/h1-7,10,14,18-19H,8-9,11-12H2.